The molecule has 6 heteroatoms. The monoisotopic (exact) mass is 376 g/mol. The van der Waals surface area contributed by atoms with Crippen LogP contribution in [0.15, 0.2) is 59.2 Å². The number of anilines is 2. The van der Waals surface area contributed by atoms with Crippen LogP contribution in [0.4, 0.5) is 11.4 Å². The molecule has 28 heavy (non-hydrogen) atoms. The summed E-state index contributed by atoms with van der Waals surface area (Å²) < 4.78 is 5.54. The Morgan fingerprint density at radius 1 is 1.14 bits per heavy atom. The van der Waals surface area contributed by atoms with Gasteiger partial charge in [-0.2, -0.15) is 0 Å². The van der Waals surface area contributed by atoms with E-state index >= 15 is 0 Å². The summed E-state index contributed by atoms with van der Waals surface area (Å²) in [6.45, 7) is 1.87. The van der Waals surface area contributed by atoms with Crippen molar-refractivity contribution >= 4 is 17.3 Å². The SMILES string of the molecule is Nc1ccc(Cc2ccc(NC(=O)c3coc(C4CCCNC4)n3)cc2)cc1. The predicted octanol–water partition coefficient (Wildman–Crippen LogP) is 3.57. The minimum atomic E-state index is -0.259. The predicted molar refractivity (Wildman–Crippen MR) is 109 cm³/mol. The molecule has 1 saturated heterocycles. The molecular weight excluding hydrogens is 352 g/mol. The minimum Gasteiger partial charge on any atom is -0.448 e. The van der Waals surface area contributed by atoms with E-state index in [2.05, 4.69) is 15.6 Å². The van der Waals surface area contributed by atoms with Crippen LogP contribution in [0.5, 0.6) is 0 Å². The van der Waals surface area contributed by atoms with E-state index in [4.69, 9.17) is 10.2 Å². The van der Waals surface area contributed by atoms with Crippen LogP contribution < -0.4 is 16.4 Å². The first kappa shape index (κ1) is 18.3. The number of hydrogen-bond acceptors (Lipinski definition) is 5. The average Bonchev–Trinajstić information content (AvgIpc) is 3.22. The van der Waals surface area contributed by atoms with Gasteiger partial charge in [0.05, 0.1) is 0 Å². The van der Waals surface area contributed by atoms with E-state index in [0.29, 0.717) is 11.6 Å². The number of nitrogens with two attached hydrogens (primary N) is 1. The molecule has 1 atom stereocenters. The van der Waals surface area contributed by atoms with Gasteiger partial charge in [0, 0.05) is 23.8 Å². The number of carbonyl (C=O) groups excluding carboxylic acids is 1. The highest BCUT2D eigenvalue weighted by Crippen LogP contribution is 2.23. The molecule has 2 heterocycles. The van der Waals surface area contributed by atoms with Crippen molar-refractivity contribution in [2.45, 2.75) is 25.2 Å². The van der Waals surface area contributed by atoms with Gasteiger partial charge in [0.1, 0.15) is 6.26 Å². The topological polar surface area (TPSA) is 93.2 Å². The van der Waals surface area contributed by atoms with Crippen molar-refractivity contribution in [2.75, 3.05) is 24.1 Å². The Morgan fingerprint density at radius 3 is 2.54 bits per heavy atom. The third kappa shape index (κ3) is 4.40. The zero-order valence-electron chi connectivity index (χ0n) is 15.7. The highest BCUT2D eigenvalue weighted by Gasteiger charge is 2.22. The fourth-order valence-corrected chi connectivity index (χ4v) is 3.41. The molecule has 2 aromatic carbocycles. The number of nitrogens with zero attached hydrogens (tertiary/aromatic N) is 1. The molecule has 0 aliphatic carbocycles. The highest BCUT2D eigenvalue weighted by atomic mass is 16.3. The lowest BCUT2D eigenvalue weighted by Crippen LogP contribution is -2.28. The van der Waals surface area contributed by atoms with E-state index in [1.165, 1.54) is 11.8 Å². The van der Waals surface area contributed by atoms with Gasteiger partial charge in [-0.05, 0) is 61.2 Å². The summed E-state index contributed by atoms with van der Waals surface area (Å²) in [5, 5.41) is 6.21. The van der Waals surface area contributed by atoms with Gasteiger partial charge in [-0.25, -0.2) is 4.98 Å². The zero-order valence-corrected chi connectivity index (χ0v) is 15.7. The first-order valence-corrected chi connectivity index (χ1v) is 9.58. The average molecular weight is 376 g/mol. The van der Waals surface area contributed by atoms with Crippen molar-refractivity contribution in [1.82, 2.24) is 10.3 Å². The van der Waals surface area contributed by atoms with E-state index in [1.807, 2.05) is 48.5 Å². The van der Waals surface area contributed by atoms with E-state index in [1.54, 1.807) is 0 Å². The van der Waals surface area contributed by atoms with Crippen LogP contribution in [0.25, 0.3) is 0 Å². The molecule has 0 bridgehead atoms. The summed E-state index contributed by atoms with van der Waals surface area (Å²) in [5.41, 5.74) is 9.88. The van der Waals surface area contributed by atoms with E-state index in [9.17, 15) is 4.79 Å². The molecule has 1 fully saturated rings. The van der Waals surface area contributed by atoms with Crippen LogP contribution in [-0.2, 0) is 6.42 Å². The van der Waals surface area contributed by atoms with Crippen molar-refractivity contribution in [1.29, 1.82) is 0 Å². The van der Waals surface area contributed by atoms with Crippen LogP contribution in [0.2, 0.25) is 0 Å². The Hall–Kier alpha value is -3.12. The van der Waals surface area contributed by atoms with E-state index in [0.717, 1.165) is 49.3 Å². The van der Waals surface area contributed by atoms with Gasteiger partial charge < -0.3 is 20.8 Å². The van der Waals surface area contributed by atoms with Gasteiger partial charge >= 0.3 is 0 Å². The summed E-state index contributed by atoms with van der Waals surface area (Å²) in [5.74, 6) is 0.615. The smallest absolute Gasteiger partial charge is 0.277 e. The van der Waals surface area contributed by atoms with E-state index < -0.39 is 0 Å². The van der Waals surface area contributed by atoms with Crippen molar-refractivity contribution in [3.63, 3.8) is 0 Å². The number of aromatic nitrogens is 1. The fraction of sp³-hybridized carbons (Fsp3) is 0.273. The van der Waals surface area contributed by atoms with Gasteiger partial charge in [-0.1, -0.05) is 24.3 Å². The second-order valence-electron chi connectivity index (χ2n) is 7.18. The number of hydrogen-bond donors (Lipinski definition) is 3. The highest BCUT2D eigenvalue weighted by molar-refractivity contribution is 6.02. The molecule has 0 radical (unpaired) electrons. The number of piperidine rings is 1. The normalized spacial score (nSPS) is 16.6. The Bertz CT molecular complexity index is 926. The number of amides is 1. The number of nitrogens with one attached hydrogen (secondary N) is 2. The standard InChI is InChI=1S/C22H24N4O2/c23-18-7-3-15(4-8-18)12-16-5-9-19(10-6-16)25-21(27)20-14-28-22(26-20)17-2-1-11-24-13-17/h3-10,14,17,24H,1-2,11-13,23H2,(H,25,27). The summed E-state index contributed by atoms with van der Waals surface area (Å²) >= 11 is 0. The molecule has 1 amide bonds. The van der Waals surface area contributed by atoms with Gasteiger partial charge in [0.2, 0.25) is 0 Å². The van der Waals surface area contributed by atoms with Crippen molar-refractivity contribution in [2.24, 2.45) is 0 Å². The molecule has 1 unspecified atom stereocenters. The van der Waals surface area contributed by atoms with Crippen LogP contribution >= 0.6 is 0 Å². The summed E-state index contributed by atoms with van der Waals surface area (Å²) in [6.07, 6.45) is 4.38. The van der Waals surface area contributed by atoms with Crippen LogP contribution in [0, 0.1) is 0 Å². The number of nitrogen functional groups attached to an aromatic ring is 1. The summed E-state index contributed by atoms with van der Waals surface area (Å²) in [4.78, 5) is 16.8. The fourth-order valence-electron chi connectivity index (χ4n) is 3.41. The van der Waals surface area contributed by atoms with Gasteiger partial charge in [-0.3, -0.25) is 4.79 Å². The number of carbonyl (C=O) groups is 1. The third-order valence-electron chi connectivity index (χ3n) is 5.00. The molecule has 0 saturated carbocycles. The Balaban J connectivity index is 1.36. The third-order valence-corrected chi connectivity index (χ3v) is 5.00. The second kappa shape index (κ2) is 8.27. The van der Waals surface area contributed by atoms with E-state index in [-0.39, 0.29) is 11.8 Å². The maximum Gasteiger partial charge on any atom is 0.277 e. The quantitative estimate of drug-likeness (QED) is 0.592. The number of oxazole rings is 1. The molecule has 1 aliphatic rings. The largest absolute Gasteiger partial charge is 0.448 e. The maximum absolute atomic E-state index is 12.5. The number of benzene rings is 2. The first-order valence-electron chi connectivity index (χ1n) is 9.58. The van der Waals surface area contributed by atoms with Gasteiger partial charge in [-0.15, -0.1) is 0 Å². The molecular formula is C22H24N4O2. The molecule has 6 nitrogen and oxygen atoms in total. The van der Waals surface area contributed by atoms with Crippen LogP contribution in [0.1, 0.15) is 46.3 Å². The lowest BCUT2D eigenvalue weighted by molar-refractivity contribution is 0.102. The van der Waals surface area contributed by atoms with Gasteiger partial charge in [0.25, 0.3) is 5.91 Å². The second-order valence-corrected chi connectivity index (χ2v) is 7.18. The summed E-state index contributed by atoms with van der Waals surface area (Å²) in [6, 6.07) is 15.7. The zero-order chi connectivity index (χ0) is 19.3. The molecule has 1 aliphatic heterocycles. The molecule has 4 rings (SSSR count). The molecule has 0 spiro atoms. The number of rotatable bonds is 5. The van der Waals surface area contributed by atoms with Crippen molar-refractivity contribution in [3.05, 3.63) is 77.5 Å². The first-order chi connectivity index (χ1) is 13.7. The Morgan fingerprint density at radius 2 is 1.86 bits per heavy atom. The Labute approximate surface area is 164 Å². The van der Waals surface area contributed by atoms with Gasteiger partial charge in [0.15, 0.2) is 11.6 Å². The summed E-state index contributed by atoms with van der Waals surface area (Å²) in [7, 11) is 0. The van der Waals surface area contributed by atoms with Crippen LogP contribution in [0.3, 0.4) is 0 Å². The minimum absolute atomic E-state index is 0.239. The van der Waals surface area contributed by atoms with Crippen LogP contribution in [-0.4, -0.2) is 24.0 Å². The maximum atomic E-state index is 12.5. The lowest BCUT2D eigenvalue weighted by atomic mass is 10.00. The van der Waals surface area contributed by atoms with Crippen molar-refractivity contribution in [3.8, 4) is 0 Å². The van der Waals surface area contributed by atoms with Crippen molar-refractivity contribution < 1.29 is 9.21 Å². The molecule has 1 aromatic heterocycles. The molecule has 144 valence electrons. The molecule has 4 N–H and O–H groups in total. The Kier molecular flexibility index (Phi) is 5.39. The molecule has 3 aromatic rings. The lowest BCUT2D eigenvalue weighted by Gasteiger charge is -2.19.